The van der Waals surface area contributed by atoms with Crippen LogP contribution in [0.4, 0.5) is 11.5 Å². The van der Waals surface area contributed by atoms with Crippen molar-refractivity contribution in [2.75, 3.05) is 31.4 Å². The molecule has 2 rings (SSSR count). The van der Waals surface area contributed by atoms with Crippen LogP contribution < -0.4 is 20.7 Å². The van der Waals surface area contributed by atoms with Crippen molar-refractivity contribution < 1.29 is 4.74 Å². The molecule has 0 unspecified atom stereocenters. The van der Waals surface area contributed by atoms with E-state index in [1.165, 1.54) is 0 Å². The Morgan fingerprint density at radius 2 is 2.05 bits per heavy atom. The second-order valence-electron chi connectivity index (χ2n) is 4.94. The number of nitrogens with one attached hydrogen (secondary N) is 1. The monoisotopic (exact) mass is 299 g/mol. The number of hydrogen-bond acceptors (Lipinski definition) is 4. The van der Waals surface area contributed by atoms with Gasteiger partial charge in [0.05, 0.1) is 19.3 Å². The summed E-state index contributed by atoms with van der Waals surface area (Å²) in [5.41, 5.74) is 7.59. The number of methoxy groups -OCH3 is 1. The highest BCUT2D eigenvalue weighted by molar-refractivity contribution is 5.92. The third-order valence-corrected chi connectivity index (χ3v) is 3.00. The molecule has 6 heteroatoms. The molecule has 0 aliphatic heterocycles. The Balaban J connectivity index is 2.01. The van der Waals surface area contributed by atoms with E-state index in [0.717, 1.165) is 22.9 Å². The smallest absolute Gasteiger partial charge is 0.193 e. The maximum Gasteiger partial charge on any atom is 0.193 e. The highest BCUT2D eigenvalue weighted by Gasteiger charge is 2.00. The summed E-state index contributed by atoms with van der Waals surface area (Å²) in [6.07, 6.45) is 0. The van der Waals surface area contributed by atoms with Gasteiger partial charge >= 0.3 is 0 Å². The minimum Gasteiger partial charge on any atom is -0.497 e. The van der Waals surface area contributed by atoms with Crippen LogP contribution in [0.2, 0.25) is 0 Å². The zero-order valence-electron chi connectivity index (χ0n) is 13.1. The van der Waals surface area contributed by atoms with Crippen LogP contribution >= 0.6 is 0 Å². The molecule has 0 aliphatic rings. The molecule has 6 nitrogen and oxygen atoms in total. The minimum absolute atomic E-state index is 0.338. The predicted octanol–water partition coefficient (Wildman–Crippen LogP) is 2.08. The average molecular weight is 299 g/mol. The SMILES string of the molecule is COc1cccc(NC(N)=NCc2cccc(N(C)C)n2)c1. The molecule has 0 radical (unpaired) electrons. The van der Waals surface area contributed by atoms with Crippen LogP contribution in [0.15, 0.2) is 47.5 Å². The van der Waals surface area contributed by atoms with E-state index in [9.17, 15) is 0 Å². The van der Waals surface area contributed by atoms with Gasteiger partial charge in [-0.05, 0) is 24.3 Å². The third kappa shape index (κ3) is 4.37. The Kier molecular flexibility index (Phi) is 5.19. The lowest BCUT2D eigenvalue weighted by molar-refractivity contribution is 0.415. The van der Waals surface area contributed by atoms with Crippen LogP contribution in [0, 0.1) is 0 Å². The van der Waals surface area contributed by atoms with Crippen molar-refractivity contribution >= 4 is 17.5 Å². The summed E-state index contributed by atoms with van der Waals surface area (Å²) < 4.78 is 5.17. The second-order valence-corrected chi connectivity index (χ2v) is 4.94. The van der Waals surface area contributed by atoms with Gasteiger partial charge in [-0.3, -0.25) is 0 Å². The summed E-state index contributed by atoms with van der Waals surface area (Å²) in [6, 6.07) is 13.3. The lowest BCUT2D eigenvalue weighted by Gasteiger charge is -2.11. The molecule has 0 amide bonds. The molecule has 0 saturated carbocycles. The molecule has 1 heterocycles. The van der Waals surface area contributed by atoms with Crippen molar-refractivity contribution in [1.29, 1.82) is 0 Å². The summed E-state index contributed by atoms with van der Waals surface area (Å²) >= 11 is 0. The van der Waals surface area contributed by atoms with E-state index < -0.39 is 0 Å². The minimum atomic E-state index is 0.338. The number of nitrogens with two attached hydrogens (primary N) is 1. The van der Waals surface area contributed by atoms with Crippen molar-refractivity contribution in [2.24, 2.45) is 10.7 Å². The van der Waals surface area contributed by atoms with Crippen molar-refractivity contribution in [2.45, 2.75) is 6.54 Å². The highest BCUT2D eigenvalue weighted by Crippen LogP contribution is 2.16. The lowest BCUT2D eigenvalue weighted by Crippen LogP contribution is -2.22. The van der Waals surface area contributed by atoms with E-state index in [0.29, 0.717) is 12.5 Å². The van der Waals surface area contributed by atoms with Crippen molar-refractivity contribution in [3.63, 3.8) is 0 Å². The standard InChI is InChI=1S/C16H21N5O/c1-21(2)15-9-5-7-13(19-15)11-18-16(17)20-12-6-4-8-14(10-12)22-3/h4-10H,11H2,1-3H3,(H3,17,18,20). The van der Waals surface area contributed by atoms with E-state index in [-0.39, 0.29) is 0 Å². The van der Waals surface area contributed by atoms with Crippen LogP contribution in [0.1, 0.15) is 5.69 Å². The fourth-order valence-electron chi connectivity index (χ4n) is 1.86. The molecule has 22 heavy (non-hydrogen) atoms. The lowest BCUT2D eigenvalue weighted by atomic mass is 10.3. The predicted molar refractivity (Wildman–Crippen MR) is 90.5 cm³/mol. The van der Waals surface area contributed by atoms with Gasteiger partial charge < -0.3 is 20.7 Å². The third-order valence-electron chi connectivity index (χ3n) is 3.00. The molecule has 0 bridgehead atoms. The summed E-state index contributed by atoms with van der Waals surface area (Å²) in [7, 11) is 5.53. The Bertz CT molecular complexity index is 654. The van der Waals surface area contributed by atoms with Crippen LogP contribution in [-0.4, -0.2) is 32.1 Å². The zero-order valence-corrected chi connectivity index (χ0v) is 13.1. The summed E-state index contributed by atoms with van der Waals surface area (Å²) in [4.78, 5) is 10.8. The Hall–Kier alpha value is -2.76. The molecule has 1 aromatic carbocycles. The fourth-order valence-corrected chi connectivity index (χ4v) is 1.86. The van der Waals surface area contributed by atoms with Crippen molar-refractivity contribution in [1.82, 2.24) is 4.98 Å². The Morgan fingerprint density at radius 1 is 1.27 bits per heavy atom. The Morgan fingerprint density at radius 3 is 2.77 bits per heavy atom. The maximum atomic E-state index is 5.90. The van der Waals surface area contributed by atoms with Gasteiger partial charge in [0.15, 0.2) is 5.96 Å². The van der Waals surface area contributed by atoms with Crippen molar-refractivity contribution in [3.8, 4) is 5.75 Å². The van der Waals surface area contributed by atoms with E-state index in [1.807, 2.05) is 61.5 Å². The number of aliphatic imine (C=N–C) groups is 1. The number of hydrogen-bond donors (Lipinski definition) is 2. The summed E-state index contributed by atoms with van der Waals surface area (Å²) in [6.45, 7) is 0.421. The van der Waals surface area contributed by atoms with Gasteiger partial charge in [0, 0.05) is 25.8 Å². The molecular weight excluding hydrogens is 278 g/mol. The first-order chi connectivity index (χ1) is 10.6. The molecule has 0 fully saturated rings. The molecular formula is C16H21N5O. The van der Waals surface area contributed by atoms with Gasteiger partial charge in [0.25, 0.3) is 0 Å². The van der Waals surface area contributed by atoms with Gasteiger partial charge in [0.1, 0.15) is 11.6 Å². The van der Waals surface area contributed by atoms with Gasteiger partial charge in [-0.2, -0.15) is 0 Å². The maximum absolute atomic E-state index is 5.90. The quantitative estimate of drug-likeness (QED) is 0.653. The van der Waals surface area contributed by atoms with Crippen LogP contribution in [0.5, 0.6) is 5.75 Å². The normalized spacial score (nSPS) is 11.1. The molecule has 0 atom stereocenters. The number of guanidine groups is 1. The number of nitrogens with zero attached hydrogens (tertiary/aromatic N) is 3. The van der Waals surface area contributed by atoms with E-state index in [1.54, 1.807) is 7.11 Å². The summed E-state index contributed by atoms with van der Waals surface area (Å²) in [5.74, 6) is 2.00. The largest absolute Gasteiger partial charge is 0.497 e. The van der Waals surface area contributed by atoms with Gasteiger partial charge in [-0.15, -0.1) is 0 Å². The molecule has 0 aliphatic carbocycles. The highest BCUT2D eigenvalue weighted by atomic mass is 16.5. The number of ether oxygens (including phenoxy) is 1. The van der Waals surface area contributed by atoms with Crippen LogP contribution in [0.3, 0.4) is 0 Å². The molecule has 3 N–H and O–H groups in total. The van der Waals surface area contributed by atoms with E-state index in [2.05, 4.69) is 15.3 Å². The van der Waals surface area contributed by atoms with Gasteiger partial charge in [-0.25, -0.2) is 9.98 Å². The first-order valence-corrected chi connectivity index (χ1v) is 6.93. The van der Waals surface area contributed by atoms with Crippen LogP contribution in [0.25, 0.3) is 0 Å². The Labute approximate surface area is 130 Å². The number of anilines is 2. The average Bonchev–Trinajstić information content (AvgIpc) is 2.53. The molecule has 0 saturated heterocycles. The molecule has 116 valence electrons. The van der Waals surface area contributed by atoms with E-state index in [4.69, 9.17) is 10.5 Å². The molecule has 2 aromatic rings. The van der Waals surface area contributed by atoms with Crippen molar-refractivity contribution in [3.05, 3.63) is 48.2 Å². The summed E-state index contributed by atoms with van der Waals surface area (Å²) in [5, 5.41) is 3.03. The van der Waals surface area contributed by atoms with Gasteiger partial charge in [0.2, 0.25) is 0 Å². The molecule has 1 aromatic heterocycles. The first kappa shape index (κ1) is 15.6. The number of aromatic nitrogens is 1. The van der Waals surface area contributed by atoms with E-state index >= 15 is 0 Å². The topological polar surface area (TPSA) is 75.8 Å². The zero-order chi connectivity index (χ0) is 15.9. The molecule has 0 spiro atoms. The second kappa shape index (κ2) is 7.31. The van der Waals surface area contributed by atoms with Gasteiger partial charge in [-0.1, -0.05) is 12.1 Å². The number of rotatable bonds is 5. The van der Waals surface area contributed by atoms with Crippen LogP contribution in [-0.2, 0) is 6.54 Å². The number of benzene rings is 1. The first-order valence-electron chi connectivity index (χ1n) is 6.93. The fraction of sp³-hybridized carbons (Fsp3) is 0.250. The number of pyridine rings is 1.